The van der Waals surface area contributed by atoms with E-state index < -0.39 is 17.1 Å². The van der Waals surface area contributed by atoms with Gasteiger partial charge in [0.05, 0.1) is 5.69 Å². The number of rotatable bonds is 4. The average molecular weight is 244 g/mol. The van der Waals surface area contributed by atoms with Crippen molar-refractivity contribution in [3.05, 3.63) is 76.1 Å². The van der Waals surface area contributed by atoms with Crippen molar-refractivity contribution in [2.75, 3.05) is 6.54 Å². The van der Waals surface area contributed by atoms with Crippen molar-refractivity contribution in [2.24, 2.45) is 0 Å². The van der Waals surface area contributed by atoms with Gasteiger partial charge in [-0.25, -0.2) is 0 Å². The lowest BCUT2D eigenvalue weighted by Gasteiger charge is -2.23. The molecule has 0 saturated carbocycles. The van der Waals surface area contributed by atoms with Crippen LogP contribution in [0.2, 0.25) is 0 Å². The van der Waals surface area contributed by atoms with E-state index in [0.717, 1.165) is 0 Å². The predicted molar refractivity (Wildman–Crippen MR) is 65.5 cm³/mol. The Labute approximate surface area is 104 Å². The zero-order valence-corrected chi connectivity index (χ0v) is 9.56. The number of aromatic nitrogens is 1. The Morgan fingerprint density at radius 3 is 2.39 bits per heavy atom. The Balaban J connectivity index is 2.51. The van der Waals surface area contributed by atoms with Crippen LogP contribution in [0.25, 0.3) is 0 Å². The fraction of sp³-hybridized carbons (Fsp3) is 0.154. The summed E-state index contributed by atoms with van der Waals surface area (Å²) >= 11 is 0. The number of hydrogen-bond acceptors (Lipinski definition) is 4. The molecule has 0 fully saturated rings. The van der Waals surface area contributed by atoms with Gasteiger partial charge >= 0.3 is 0 Å². The lowest BCUT2D eigenvalue weighted by molar-refractivity contribution is -0.499. The third-order valence-corrected chi connectivity index (χ3v) is 2.70. The highest BCUT2D eigenvalue weighted by Gasteiger charge is 2.38. The van der Waals surface area contributed by atoms with Gasteiger partial charge in [0.1, 0.15) is 0 Å². The number of nitrogens with zero attached hydrogens (tertiary/aromatic N) is 2. The Kier molecular flexibility index (Phi) is 3.34. The number of hydrogen-bond donors (Lipinski definition) is 1. The van der Waals surface area contributed by atoms with Gasteiger partial charge in [0.25, 0.3) is 0 Å². The van der Waals surface area contributed by atoms with Crippen LogP contribution < -0.4 is 0 Å². The highest BCUT2D eigenvalue weighted by molar-refractivity contribution is 5.32. The minimum atomic E-state index is -1.70. The summed E-state index contributed by atoms with van der Waals surface area (Å²) in [6.07, 6.45) is 1.50. The Morgan fingerprint density at radius 1 is 1.17 bits per heavy atom. The fourth-order valence-corrected chi connectivity index (χ4v) is 1.83. The summed E-state index contributed by atoms with van der Waals surface area (Å²) in [6.45, 7) is -0.617. The minimum absolute atomic E-state index is 0.271. The molecule has 0 bridgehead atoms. The van der Waals surface area contributed by atoms with Gasteiger partial charge in [0, 0.05) is 11.1 Å². The maximum absolute atomic E-state index is 10.8. The number of nitro groups is 1. The first kappa shape index (κ1) is 12.2. The maximum atomic E-state index is 10.8. The Hall–Kier alpha value is -2.27. The van der Waals surface area contributed by atoms with E-state index in [9.17, 15) is 15.2 Å². The topological polar surface area (TPSA) is 76.3 Å². The molecule has 1 atom stereocenters. The third kappa shape index (κ3) is 2.36. The second kappa shape index (κ2) is 4.93. The van der Waals surface area contributed by atoms with Gasteiger partial charge in [0.15, 0.2) is 5.60 Å². The van der Waals surface area contributed by atoms with Crippen LogP contribution >= 0.6 is 0 Å². The highest BCUT2D eigenvalue weighted by Crippen LogP contribution is 2.28. The fourth-order valence-electron chi connectivity index (χ4n) is 1.83. The lowest BCUT2D eigenvalue weighted by atomic mass is 9.90. The SMILES string of the molecule is O=[N+]([O-])C[C@](O)(c1ccccc1)c1ccccn1. The van der Waals surface area contributed by atoms with Crippen molar-refractivity contribution in [3.8, 4) is 0 Å². The van der Waals surface area contributed by atoms with Crippen LogP contribution in [0.15, 0.2) is 54.7 Å². The molecule has 0 aliphatic rings. The number of aliphatic hydroxyl groups is 1. The summed E-state index contributed by atoms with van der Waals surface area (Å²) in [6, 6.07) is 13.5. The van der Waals surface area contributed by atoms with Crippen molar-refractivity contribution in [1.29, 1.82) is 0 Å². The van der Waals surface area contributed by atoms with E-state index in [1.165, 1.54) is 6.20 Å². The second-order valence-electron chi connectivity index (χ2n) is 3.93. The lowest BCUT2D eigenvalue weighted by Crippen LogP contribution is -2.36. The van der Waals surface area contributed by atoms with E-state index >= 15 is 0 Å². The molecule has 1 aromatic heterocycles. The van der Waals surface area contributed by atoms with Crippen LogP contribution in [-0.2, 0) is 5.60 Å². The van der Waals surface area contributed by atoms with Gasteiger partial charge in [-0.1, -0.05) is 36.4 Å². The van der Waals surface area contributed by atoms with E-state index in [2.05, 4.69) is 4.98 Å². The van der Waals surface area contributed by atoms with Crippen LogP contribution in [0.4, 0.5) is 0 Å². The third-order valence-electron chi connectivity index (χ3n) is 2.70. The molecule has 92 valence electrons. The monoisotopic (exact) mass is 244 g/mol. The molecule has 2 rings (SSSR count). The first-order chi connectivity index (χ1) is 8.63. The molecule has 0 saturated heterocycles. The summed E-state index contributed by atoms with van der Waals surface area (Å²) in [5, 5.41) is 21.4. The second-order valence-corrected chi connectivity index (χ2v) is 3.93. The van der Waals surface area contributed by atoms with E-state index in [-0.39, 0.29) is 5.69 Å². The molecule has 2 aromatic rings. The molecule has 0 spiro atoms. The van der Waals surface area contributed by atoms with Gasteiger partial charge in [-0.2, -0.15) is 0 Å². The van der Waals surface area contributed by atoms with Gasteiger partial charge in [-0.05, 0) is 17.7 Å². The van der Waals surface area contributed by atoms with Gasteiger partial charge in [-0.15, -0.1) is 0 Å². The summed E-state index contributed by atoms with van der Waals surface area (Å²) in [4.78, 5) is 14.3. The number of pyridine rings is 1. The predicted octanol–water partition coefficient (Wildman–Crippen LogP) is 1.59. The molecule has 0 unspecified atom stereocenters. The van der Waals surface area contributed by atoms with E-state index in [0.29, 0.717) is 5.56 Å². The maximum Gasteiger partial charge on any atom is 0.242 e. The molecular weight excluding hydrogens is 232 g/mol. The van der Waals surface area contributed by atoms with Crippen LogP contribution in [0, 0.1) is 10.1 Å². The quantitative estimate of drug-likeness (QED) is 0.654. The highest BCUT2D eigenvalue weighted by atomic mass is 16.6. The van der Waals surface area contributed by atoms with E-state index in [4.69, 9.17) is 0 Å². The van der Waals surface area contributed by atoms with Crippen LogP contribution in [0.5, 0.6) is 0 Å². The van der Waals surface area contributed by atoms with Crippen molar-refractivity contribution in [3.63, 3.8) is 0 Å². The van der Waals surface area contributed by atoms with Gasteiger partial charge < -0.3 is 5.11 Å². The van der Waals surface area contributed by atoms with Gasteiger partial charge in [-0.3, -0.25) is 15.1 Å². The first-order valence-electron chi connectivity index (χ1n) is 5.44. The van der Waals surface area contributed by atoms with Crippen molar-refractivity contribution in [2.45, 2.75) is 5.60 Å². The molecule has 5 heteroatoms. The summed E-state index contributed by atoms with van der Waals surface area (Å²) < 4.78 is 0. The molecule has 1 N–H and O–H groups in total. The van der Waals surface area contributed by atoms with E-state index in [1.807, 2.05) is 0 Å². The minimum Gasteiger partial charge on any atom is -0.373 e. The van der Waals surface area contributed by atoms with E-state index in [1.54, 1.807) is 48.5 Å². The number of benzene rings is 1. The largest absolute Gasteiger partial charge is 0.373 e. The van der Waals surface area contributed by atoms with Crippen LogP contribution in [0.1, 0.15) is 11.3 Å². The average Bonchev–Trinajstić information content (AvgIpc) is 2.40. The summed E-state index contributed by atoms with van der Waals surface area (Å²) in [5.74, 6) is 0. The van der Waals surface area contributed by atoms with Gasteiger partial charge in [0.2, 0.25) is 6.54 Å². The molecule has 1 heterocycles. The summed E-state index contributed by atoms with van der Waals surface area (Å²) in [7, 11) is 0. The zero-order chi connectivity index (χ0) is 13.0. The van der Waals surface area contributed by atoms with Crippen LogP contribution in [0.3, 0.4) is 0 Å². The van der Waals surface area contributed by atoms with Crippen molar-refractivity contribution < 1.29 is 10.0 Å². The Morgan fingerprint density at radius 2 is 1.83 bits per heavy atom. The molecule has 0 radical (unpaired) electrons. The Bertz CT molecular complexity index is 489. The molecule has 18 heavy (non-hydrogen) atoms. The first-order valence-corrected chi connectivity index (χ1v) is 5.44. The summed E-state index contributed by atoms with van der Waals surface area (Å²) in [5.41, 5.74) is -0.972. The van der Waals surface area contributed by atoms with Crippen LogP contribution in [-0.4, -0.2) is 21.6 Å². The van der Waals surface area contributed by atoms with Crippen molar-refractivity contribution in [1.82, 2.24) is 4.98 Å². The molecule has 1 aromatic carbocycles. The standard InChI is InChI=1S/C13H12N2O3/c16-13(10-15(17)18,11-6-2-1-3-7-11)12-8-4-5-9-14-12/h1-9,16H,10H2/t13-/m0/s1. The molecule has 0 aliphatic carbocycles. The van der Waals surface area contributed by atoms with Crippen molar-refractivity contribution >= 4 is 0 Å². The molecule has 5 nitrogen and oxygen atoms in total. The zero-order valence-electron chi connectivity index (χ0n) is 9.56. The molecular formula is C13H12N2O3. The molecule has 0 amide bonds. The smallest absolute Gasteiger partial charge is 0.242 e. The normalized spacial score (nSPS) is 13.8. The molecule has 0 aliphatic heterocycles.